The summed E-state index contributed by atoms with van der Waals surface area (Å²) in [4.78, 5) is 0. The van der Waals surface area contributed by atoms with Gasteiger partial charge in [-0.3, -0.25) is 0 Å². The Hall–Kier alpha value is -1.62. The molecule has 5 nitrogen and oxygen atoms in total. The van der Waals surface area contributed by atoms with Crippen LogP contribution in [-0.4, -0.2) is 14.8 Å². The maximum absolute atomic E-state index is 5.99. The van der Waals surface area contributed by atoms with E-state index in [1.54, 1.807) is 0 Å². The third kappa shape index (κ3) is 1.36. The van der Waals surface area contributed by atoms with Gasteiger partial charge in [-0.15, -0.1) is 10.2 Å². The zero-order valence-corrected chi connectivity index (χ0v) is 9.18. The van der Waals surface area contributed by atoms with Crippen molar-refractivity contribution in [2.45, 2.75) is 32.4 Å². The van der Waals surface area contributed by atoms with Gasteiger partial charge in [-0.25, -0.2) is 0 Å². The van der Waals surface area contributed by atoms with E-state index >= 15 is 0 Å². The number of aromatic nitrogens is 3. The third-order valence-corrected chi connectivity index (χ3v) is 2.97. The smallest absolute Gasteiger partial charge is 0.199 e. The highest BCUT2D eigenvalue weighted by atomic mass is 16.3. The summed E-state index contributed by atoms with van der Waals surface area (Å²) in [5.74, 6) is 3.31. The number of hydrogen-bond acceptors (Lipinski definition) is 4. The number of furan rings is 1. The molecule has 2 N–H and O–H groups in total. The first-order valence-electron chi connectivity index (χ1n) is 5.51. The quantitative estimate of drug-likeness (QED) is 0.790. The van der Waals surface area contributed by atoms with Crippen LogP contribution in [0, 0.1) is 6.92 Å². The van der Waals surface area contributed by atoms with Gasteiger partial charge in [0, 0.05) is 6.54 Å². The molecule has 3 heterocycles. The molecule has 0 amide bonds. The van der Waals surface area contributed by atoms with Gasteiger partial charge in [-0.1, -0.05) is 0 Å². The molecule has 2 aromatic heterocycles. The molecule has 1 aliphatic rings. The van der Waals surface area contributed by atoms with E-state index in [0.717, 1.165) is 42.6 Å². The Balaban J connectivity index is 2.09. The first-order valence-corrected chi connectivity index (χ1v) is 5.51. The molecule has 1 atom stereocenters. The average molecular weight is 218 g/mol. The average Bonchev–Trinajstić information content (AvgIpc) is 2.84. The summed E-state index contributed by atoms with van der Waals surface area (Å²) in [6.45, 7) is 2.84. The Morgan fingerprint density at radius 2 is 2.31 bits per heavy atom. The molecule has 0 aliphatic carbocycles. The predicted octanol–water partition coefficient (Wildman–Crippen LogP) is 1.64. The lowest BCUT2D eigenvalue weighted by molar-refractivity contribution is 0.449. The fourth-order valence-corrected chi connectivity index (χ4v) is 2.15. The van der Waals surface area contributed by atoms with Crippen LogP contribution in [0.3, 0.4) is 0 Å². The molecule has 1 unspecified atom stereocenters. The van der Waals surface area contributed by atoms with Gasteiger partial charge in [0.2, 0.25) is 0 Å². The van der Waals surface area contributed by atoms with Gasteiger partial charge < -0.3 is 14.7 Å². The minimum atomic E-state index is 0.00561. The van der Waals surface area contributed by atoms with Crippen LogP contribution in [0.2, 0.25) is 0 Å². The van der Waals surface area contributed by atoms with Gasteiger partial charge >= 0.3 is 0 Å². The van der Waals surface area contributed by atoms with Crippen molar-refractivity contribution in [2.75, 3.05) is 0 Å². The summed E-state index contributed by atoms with van der Waals surface area (Å²) < 4.78 is 7.63. The Morgan fingerprint density at radius 3 is 3.06 bits per heavy atom. The van der Waals surface area contributed by atoms with E-state index in [2.05, 4.69) is 14.8 Å². The second kappa shape index (κ2) is 3.45. The largest absolute Gasteiger partial charge is 0.458 e. The molecule has 16 heavy (non-hydrogen) atoms. The van der Waals surface area contributed by atoms with Crippen molar-refractivity contribution in [3.63, 3.8) is 0 Å². The zero-order chi connectivity index (χ0) is 11.1. The summed E-state index contributed by atoms with van der Waals surface area (Å²) in [6, 6.07) is 3.86. The summed E-state index contributed by atoms with van der Waals surface area (Å²) in [5.41, 5.74) is 5.99. The van der Waals surface area contributed by atoms with Crippen LogP contribution in [0.25, 0.3) is 11.6 Å². The van der Waals surface area contributed by atoms with E-state index < -0.39 is 0 Å². The molecule has 3 rings (SSSR count). The number of rotatable bonds is 1. The van der Waals surface area contributed by atoms with Gasteiger partial charge in [-0.2, -0.15) is 0 Å². The molecule has 0 saturated heterocycles. The third-order valence-electron chi connectivity index (χ3n) is 2.97. The van der Waals surface area contributed by atoms with Crippen molar-refractivity contribution in [1.29, 1.82) is 0 Å². The molecule has 0 spiro atoms. The van der Waals surface area contributed by atoms with Gasteiger partial charge in [0.15, 0.2) is 11.6 Å². The zero-order valence-electron chi connectivity index (χ0n) is 9.18. The Morgan fingerprint density at radius 1 is 1.44 bits per heavy atom. The van der Waals surface area contributed by atoms with Gasteiger partial charge in [0.25, 0.3) is 0 Å². The summed E-state index contributed by atoms with van der Waals surface area (Å²) >= 11 is 0. The number of aryl methyl sites for hydroxylation is 1. The molecule has 0 saturated carbocycles. The molecule has 0 bridgehead atoms. The molecule has 2 aromatic rings. The Kier molecular flexibility index (Phi) is 2.07. The van der Waals surface area contributed by atoms with Gasteiger partial charge in [-0.05, 0) is 31.9 Å². The molecule has 84 valence electrons. The lowest BCUT2D eigenvalue weighted by Crippen LogP contribution is -2.22. The monoisotopic (exact) mass is 218 g/mol. The first-order chi connectivity index (χ1) is 7.75. The molecular formula is C11H14N4O. The van der Waals surface area contributed by atoms with Crippen LogP contribution in [0.5, 0.6) is 0 Å². The number of nitrogens with zero attached hydrogens (tertiary/aromatic N) is 3. The van der Waals surface area contributed by atoms with Crippen molar-refractivity contribution in [3.8, 4) is 11.6 Å². The highest BCUT2D eigenvalue weighted by Crippen LogP contribution is 2.27. The number of fused-ring (bicyclic) bond motifs is 1. The van der Waals surface area contributed by atoms with Crippen LogP contribution in [0.1, 0.15) is 30.5 Å². The number of nitrogens with two attached hydrogens (primary N) is 1. The Bertz CT molecular complexity index is 514. The van der Waals surface area contributed by atoms with E-state index in [-0.39, 0.29) is 6.04 Å². The minimum absolute atomic E-state index is 0.00561. The van der Waals surface area contributed by atoms with Crippen LogP contribution in [0.4, 0.5) is 0 Å². The number of hydrogen-bond donors (Lipinski definition) is 1. The van der Waals surface area contributed by atoms with E-state index in [1.165, 1.54) is 0 Å². The fourth-order valence-electron chi connectivity index (χ4n) is 2.15. The van der Waals surface area contributed by atoms with Crippen LogP contribution in [-0.2, 0) is 6.54 Å². The highest BCUT2D eigenvalue weighted by molar-refractivity contribution is 5.48. The normalized spacial score (nSPS) is 19.8. The predicted molar refractivity (Wildman–Crippen MR) is 58.6 cm³/mol. The summed E-state index contributed by atoms with van der Waals surface area (Å²) in [6.07, 6.45) is 2.05. The Labute approximate surface area is 93.3 Å². The molecule has 0 radical (unpaired) electrons. The van der Waals surface area contributed by atoms with E-state index in [9.17, 15) is 0 Å². The van der Waals surface area contributed by atoms with Crippen molar-refractivity contribution in [1.82, 2.24) is 14.8 Å². The highest BCUT2D eigenvalue weighted by Gasteiger charge is 2.23. The van der Waals surface area contributed by atoms with Crippen LogP contribution < -0.4 is 5.73 Å². The topological polar surface area (TPSA) is 69.9 Å². The maximum atomic E-state index is 5.99. The van der Waals surface area contributed by atoms with E-state index in [0.29, 0.717) is 0 Å². The fraction of sp³-hybridized carbons (Fsp3) is 0.455. The summed E-state index contributed by atoms with van der Waals surface area (Å²) in [5, 5.41) is 8.32. The van der Waals surface area contributed by atoms with Gasteiger partial charge in [0.1, 0.15) is 11.6 Å². The van der Waals surface area contributed by atoms with Crippen molar-refractivity contribution < 1.29 is 4.42 Å². The lowest BCUT2D eigenvalue weighted by atomic mass is 10.1. The first kappa shape index (κ1) is 9.59. The molecule has 0 aromatic carbocycles. The van der Waals surface area contributed by atoms with Crippen LogP contribution >= 0.6 is 0 Å². The van der Waals surface area contributed by atoms with E-state index in [1.807, 2.05) is 19.1 Å². The second-order valence-electron chi connectivity index (χ2n) is 4.19. The second-order valence-corrected chi connectivity index (χ2v) is 4.19. The standard InChI is InChI=1S/C11H14N4O/c1-7-4-5-9(16-7)11-14-13-10-8(12)3-2-6-15(10)11/h4-5,8H,2-3,6,12H2,1H3. The van der Waals surface area contributed by atoms with Crippen LogP contribution in [0.15, 0.2) is 16.5 Å². The van der Waals surface area contributed by atoms with Crippen molar-refractivity contribution in [2.24, 2.45) is 5.73 Å². The molecular weight excluding hydrogens is 204 g/mol. The molecule has 5 heteroatoms. The maximum Gasteiger partial charge on any atom is 0.199 e. The van der Waals surface area contributed by atoms with Crippen molar-refractivity contribution in [3.05, 3.63) is 23.7 Å². The molecule has 0 fully saturated rings. The lowest BCUT2D eigenvalue weighted by Gasteiger charge is -2.19. The van der Waals surface area contributed by atoms with E-state index in [4.69, 9.17) is 10.2 Å². The minimum Gasteiger partial charge on any atom is -0.458 e. The molecule has 1 aliphatic heterocycles. The van der Waals surface area contributed by atoms with Crippen molar-refractivity contribution >= 4 is 0 Å². The summed E-state index contributed by atoms with van der Waals surface area (Å²) in [7, 11) is 0. The van der Waals surface area contributed by atoms with Gasteiger partial charge in [0.05, 0.1) is 6.04 Å². The SMILES string of the molecule is Cc1ccc(-c2nnc3n2CCCC3N)o1.